The summed E-state index contributed by atoms with van der Waals surface area (Å²) in [5, 5.41) is 3.39. The van der Waals surface area contributed by atoms with Crippen LogP contribution < -0.4 is 5.32 Å². The predicted octanol–water partition coefficient (Wildman–Crippen LogP) is 1.33. The maximum Gasteiger partial charge on any atom is 0.325 e. The third-order valence-electron chi connectivity index (χ3n) is 4.42. The van der Waals surface area contributed by atoms with Gasteiger partial charge in [-0.25, -0.2) is 0 Å². The van der Waals surface area contributed by atoms with Crippen LogP contribution >= 0.6 is 0 Å². The number of ether oxygens (including phenoxy) is 1. The fourth-order valence-electron chi connectivity index (χ4n) is 3.30. The first-order chi connectivity index (χ1) is 9.82. The summed E-state index contributed by atoms with van der Waals surface area (Å²) in [4.78, 5) is 17.1. The van der Waals surface area contributed by atoms with Crippen molar-refractivity contribution >= 4 is 5.97 Å². The number of nitrogens with zero attached hydrogens (tertiary/aromatic N) is 2. The van der Waals surface area contributed by atoms with Crippen molar-refractivity contribution in [1.29, 1.82) is 0 Å². The number of carbonyl (C=O) groups excluding carboxylic acids is 1. The molecule has 1 aliphatic rings. The molecule has 0 spiro atoms. The van der Waals surface area contributed by atoms with Crippen molar-refractivity contribution in [2.45, 2.75) is 58.7 Å². The van der Waals surface area contributed by atoms with E-state index in [9.17, 15) is 4.79 Å². The average Bonchev–Trinajstić information content (AvgIpc) is 2.45. The van der Waals surface area contributed by atoms with Gasteiger partial charge in [0.15, 0.2) is 0 Å². The zero-order valence-electron chi connectivity index (χ0n) is 14.6. The summed E-state index contributed by atoms with van der Waals surface area (Å²) >= 11 is 0. The van der Waals surface area contributed by atoms with Gasteiger partial charge >= 0.3 is 5.97 Å². The highest BCUT2D eigenvalue weighted by Crippen LogP contribution is 2.20. The molecule has 5 nitrogen and oxygen atoms in total. The third kappa shape index (κ3) is 5.24. The van der Waals surface area contributed by atoms with Crippen molar-refractivity contribution in [2.75, 3.05) is 39.8 Å². The largest absolute Gasteiger partial charge is 0.468 e. The van der Waals surface area contributed by atoms with E-state index in [2.05, 4.69) is 42.8 Å². The molecule has 1 rings (SSSR count). The highest BCUT2D eigenvalue weighted by molar-refractivity contribution is 5.80. The Morgan fingerprint density at radius 3 is 2.24 bits per heavy atom. The van der Waals surface area contributed by atoms with Crippen LogP contribution in [-0.4, -0.2) is 73.2 Å². The lowest BCUT2D eigenvalue weighted by Gasteiger charge is -2.41. The van der Waals surface area contributed by atoms with E-state index in [1.807, 2.05) is 6.92 Å². The minimum atomic E-state index is -0.621. The van der Waals surface area contributed by atoms with Gasteiger partial charge in [0.25, 0.3) is 0 Å². The second kappa shape index (κ2) is 8.11. The van der Waals surface area contributed by atoms with Crippen LogP contribution in [0.4, 0.5) is 0 Å². The van der Waals surface area contributed by atoms with E-state index in [1.165, 1.54) is 7.11 Å². The van der Waals surface area contributed by atoms with E-state index >= 15 is 0 Å². The first-order valence-corrected chi connectivity index (χ1v) is 8.15. The highest BCUT2D eigenvalue weighted by Gasteiger charge is 2.37. The van der Waals surface area contributed by atoms with Crippen molar-refractivity contribution < 1.29 is 9.53 Å². The van der Waals surface area contributed by atoms with Crippen LogP contribution in [0.5, 0.6) is 0 Å². The van der Waals surface area contributed by atoms with Crippen molar-refractivity contribution in [1.82, 2.24) is 15.1 Å². The van der Waals surface area contributed by atoms with Crippen LogP contribution in [0.15, 0.2) is 0 Å². The Bertz CT molecular complexity index is 327. The van der Waals surface area contributed by atoms with Gasteiger partial charge in [0.2, 0.25) is 0 Å². The predicted molar refractivity (Wildman–Crippen MR) is 86.5 cm³/mol. The van der Waals surface area contributed by atoms with Crippen molar-refractivity contribution in [3.63, 3.8) is 0 Å². The second-order valence-electron chi connectivity index (χ2n) is 6.65. The van der Waals surface area contributed by atoms with Gasteiger partial charge < -0.3 is 9.64 Å². The summed E-state index contributed by atoms with van der Waals surface area (Å²) < 4.78 is 5.01. The highest BCUT2D eigenvalue weighted by atomic mass is 16.5. The Kier molecular flexibility index (Phi) is 7.10. The van der Waals surface area contributed by atoms with Gasteiger partial charge in [0, 0.05) is 38.3 Å². The molecule has 1 fully saturated rings. The number of hydrogen-bond donors (Lipinski definition) is 1. The van der Waals surface area contributed by atoms with Crippen LogP contribution in [0.2, 0.25) is 0 Å². The molecule has 21 heavy (non-hydrogen) atoms. The monoisotopic (exact) mass is 299 g/mol. The van der Waals surface area contributed by atoms with Gasteiger partial charge in [0.05, 0.1) is 7.11 Å². The molecule has 0 amide bonds. The summed E-state index contributed by atoms with van der Waals surface area (Å²) in [7, 11) is 1.47. The van der Waals surface area contributed by atoms with Crippen LogP contribution in [-0.2, 0) is 9.53 Å². The lowest BCUT2D eigenvalue weighted by atomic mass is 9.91. The number of nitrogens with one attached hydrogen (secondary N) is 1. The molecule has 124 valence electrons. The van der Waals surface area contributed by atoms with Gasteiger partial charge in [-0.2, -0.15) is 0 Å². The molecule has 1 heterocycles. The Morgan fingerprint density at radius 1 is 1.24 bits per heavy atom. The number of piperazine rings is 1. The molecule has 5 heteroatoms. The van der Waals surface area contributed by atoms with Crippen LogP contribution in [0.3, 0.4) is 0 Å². The number of likely N-dealkylation sites (N-methyl/N-ethyl adjacent to an activating group) is 1. The molecular formula is C16H33N3O2. The molecule has 1 aliphatic heterocycles. The minimum Gasteiger partial charge on any atom is -0.468 e. The van der Waals surface area contributed by atoms with Gasteiger partial charge in [-0.3, -0.25) is 15.0 Å². The first kappa shape index (κ1) is 18.4. The summed E-state index contributed by atoms with van der Waals surface area (Å²) in [5.74, 6) is -0.171. The molecule has 0 aromatic carbocycles. The van der Waals surface area contributed by atoms with E-state index < -0.39 is 5.54 Å². The van der Waals surface area contributed by atoms with Crippen molar-refractivity contribution in [3.05, 3.63) is 0 Å². The van der Waals surface area contributed by atoms with E-state index in [0.29, 0.717) is 6.04 Å². The second-order valence-corrected chi connectivity index (χ2v) is 6.65. The molecule has 1 saturated heterocycles. The Labute approximate surface area is 130 Å². The van der Waals surface area contributed by atoms with E-state index in [1.54, 1.807) is 0 Å². The number of methoxy groups -OCH3 is 1. The molecular weight excluding hydrogens is 266 g/mol. The van der Waals surface area contributed by atoms with Crippen molar-refractivity contribution in [3.8, 4) is 0 Å². The number of rotatable bonds is 7. The van der Waals surface area contributed by atoms with E-state index in [4.69, 9.17) is 4.74 Å². The molecule has 0 aliphatic carbocycles. The molecule has 2 unspecified atom stereocenters. The van der Waals surface area contributed by atoms with E-state index in [-0.39, 0.29) is 12.0 Å². The zero-order valence-corrected chi connectivity index (χ0v) is 14.6. The fraction of sp³-hybridized carbons (Fsp3) is 0.938. The van der Waals surface area contributed by atoms with Gasteiger partial charge in [-0.15, -0.1) is 0 Å². The summed E-state index contributed by atoms with van der Waals surface area (Å²) in [5.41, 5.74) is -0.621. The van der Waals surface area contributed by atoms with Crippen LogP contribution in [0.25, 0.3) is 0 Å². The smallest absolute Gasteiger partial charge is 0.325 e. The van der Waals surface area contributed by atoms with E-state index in [0.717, 1.165) is 39.1 Å². The van der Waals surface area contributed by atoms with Gasteiger partial charge in [0.1, 0.15) is 5.54 Å². The minimum absolute atomic E-state index is 0.171. The molecule has 1 N–H and O–H groups in total. The zero-order chi connectivity index (χ0) is 16.0. The summed E-state index contributed by atoms with van der Waals surface area (Å²) in [6.07, 6.45) is 0.768. The number of esters is 1. The Hall–Kier alpha value is -0.650. The molecule has 0 bridgehead atoms. The lowest BCUT2D eigenvalue weighted by Crippen LogP contribution is -2.58. The topological polar surface area (TPSA) is 44.8 Å². The number of carbonyl (C=O) groups is 1. The summed E-state index contributed by atoms with van der Waals surface area (Å²) in [6, 6.07) is 0.609. The fourth-order valence-corrected chi connectivity index (χ4v) is 3.30. The first-order valence-electron chi connectivity index (χ1n) is 8.15. The molecule has 2 atom stereocenters. The molecule has 0 radical (unpaired) electrons. The normalized spacial score (nSPS) is 22.0. The third-order valence-corrected chi connectivity index (χ3v) is 4.42. The van der Waals surface area contributed by atoms with Gasteiger partial charge in [-0.1, -0.05) is 6.92 Å². The van der Waals surface area contributed by atoms with Gasteiger partial charge in [-0.05, 0) is 40.7 Å². The Balaban J connectivity index is 2.64. The summed E-state index contributed by atoms with van der Waals surface area (Å²) in [6.45, 7) is 16.0. The maximum absolute atomic E-state index is 12.2. The lowest BCUT2D eigenvalue weighted by molar-refractivity contribution is -0.149. The van der Waals surface area contributed by atoms with Crippen LogP contribution in [0, 0.1) is 0 Å². The number of hydrogen-bond acceptors (Lipinski definition) is 5. The SMILES string of the molecule is CCN1CCN(C(C)CC(C)(NC(C)C)C(=O)OC)CC1. The molecule has 0 aromatic heterocycles. The molecule has 0 aromatic rings. The Morgan fingerprint density at radius 2 is 1.81 bits per heavy atom. The van der Waals surface area contributed by atoms with Crippen molar-refractivity contribution in [2.24, 2.45) is 0 Å². The molecule has 0 saturated carbocycles. The standard InChI is InChI=1S/C16H33N3O2/c1-7-18-8-10-19(11-9-18)14(4)12-16(5,15(20)21-6)17-13(2)3/h13-14,17H,7-12H2,1-6H3. The average molecular weight is 299 g/mol. The maximum atomic E-state index is 12.2. The van der Waals surface area contributed by atoms with Crippen LogP contribution in [0.1, 0.15) is 41.0 Å². The quantitative estimate of drug-likeness (QED) is 0.719.